The zero-order chi connectivity index (χ0) is 14.7. The maximum atomic E-state index is 12.5. The normalized spacial score (nSPS) is 33.0. The standard InChI is InChI=1S/C10H12N4O5S.Na/c1-10(5-13-3-2-11-12-13)8(9(16)17)14-6(15)4-7(14)20(10,18)19;/h2-3,7-8H,4-5H2,1H3,(H,16,17);. The van der Waals surface area contributed by atoms with Crippen LogP contribution in [0.25, 0.3) is 0 Å². The molecule has 0 spiro atoms. The average molecular weight is 323 g/mol. The molecule has 2 aliphatic heterocycles. The molecular weight excluding hydrogens is 311 g/mol. The van der Waals surface area contributed by atoms with E-state index in [2.05, 4.69) is 10.3 Å². The zero-order valence-corrected chi connectivity index (χ0v) is 14.3. The SMILES string of the molecule is CC1(Cn2ccnn2)C(C(=O)O)N2C(=O)CC2S1(=O)=O.[Na]. The number of sulfone groups is 1. The second-order valence-corrected chi connectivity index (χ2v) is 7.73. The summed E-state index contributed by atoms with van der Waals surface area (Å²) >= 11 is 0. The van der Waals surface area contributed by atoms with Crippen molar-refractivity contribution >= 4 is 51.3 Å². The van der Waals surface area contributed by atoms with Crippen LogP contribution in [0.2, 0.25) is 0 Å². The van der Waals surface area contributed by atoms with Gasteiger partial charge in [0.2, 0.25) is 5.91 Å². The first-order valence-corrected chi connectivity index (χ1v) is 7.45. The van der Waals surface area contributed by atoms with E-state index < -0.39 is 37.9 Å². The summed E-state index contributed by atoms with van der Waals surface area (Å²) in [6, 6.07) is -1.40. The van der Waals surface area contributed by atoms with Crippen molar-refractivity contribution in [3.63, 3.8) is 0 Å². The first kappa shape index (κ1) is 16.4. The number of nitrogens with zero attached hydrogens (tertiary/aromatic N) is 4. The summed E-state index contributed by atoms with van der Waals surface area (Å²) in [4.78, 5) is 24.0. The molecule has 21 heavy (non-hydrogen) atoms. The van der Waals surface area contributed by atoms with Crippen molar-refractivity contribution in [1.82, 2.24) is 19.9 Å². The second-order valence-electron chi connectivity index (χ2n) is 5.16. The van der Waals surface area contributed by atoms with Gasteiger partial charge in [-0.1, -0.05) is 5.21 Å². The van der Waals surface area contributed by atoms with E-state index in [9.17, 15) is 23.1 Å². The molecule has 0 bridgehead atoms. The van der Waals surface area contributed by atoms with Gasteiger partial charge < -0.3 is 10.0 Å². The van der Waals surface area contributed by atoms with Crippen molar-refractivity contribution in [3.8, 4) is 0 Å². The van der Waals surface area contributed by atoms with Crippen molar-refractivity contribution in [2.45, 2.75) is 36.1 Å². The fourth-order valence-electron chi connectivity index (χ4n) is 2.93. The molecule has 1 amide bonds. The van der Waals surface area contributed by atoms with Crippen LogP contribution in [0.15, 0.2) is 12.4 Å². The minimum atomic E-state index is -3.80. The van der Waals surface area contributed by atoms with Crippen LogP contribution in [0, 0.1) is 0 Å². The second kappa shape index (κ2) is 5.04. The van der Waals surface area contributed by atoms with Gasteiger partial charge in [-0.15, -0.1) is 5.10 Å². The Morgan fingerprint density at radius 3 is 2.71 bits per heavy atom. The van der Waals surface area contributed by atoms with Gasteiger partial charge in [0.1, 0.15) is 10.1 Å². The van der Waals surface area contributed by atoms with Crippen LogP contribution < -0.4 is 0 Å². The Morgan fingerprint density at radius 1 is 1.57 bits per heavy atom. The Morgan fingerprint density at radius 2 is 2.24 bits per heavy atom. The third-order valence-corrected chi connectivity index (χ3v) is 6.76. The smallest absolute Gasteiger partial charge is 0.328 e. The number of hydrogen-bond acceptors (Lipinski definition) is 6. The van der Waals surface area contributed by atoms with Crippen molar-refractivity contribution < 1.29 is 23.1 Å². The van der Waals surface area contributed by atoms with Crippen LogP contribution in [0.3, 0.4) is 0 Å². The fraction of sp³-hybridized carbons (Fsp3) is 0.600. The number of rotatable bonds is 3. The van der Waals surface area contributed by atoms with Crippen LogP contribution in [0.4, 0.5) is 0 Å². The Balaban J connectivity index is 0.00000161. The van der Waals surface area contributed by atoms with Gasteiger partial charge in [-0.05, 0) is 6.92 Å². The molecule has 3 atom stereocenters. The number of amides is 1. The summed E-state index contributed by atoms with van der Waals surface area (Å²) in [6.45, 7) is 1.18. The predicted octanol–water partition coefficient (Wildman–Crippen LogP) is -1.90. The third-order valence-electron chi connectivity index (χ3n) is 3.99. The van der Waals surface area contributed by atoms with Crippen LogP contribution >= 0.6 is 0 Å². The molecule has 109 valence electrons. The van der Waals surface area contributed by atoms with Gasteiger partial charge in [0.25, 0.3) is 0 Å². The molecule has 9 nitrogen and oxygen atoms in total. The molecule has 0 aromatic carbocycles. The summed E-state index contributed by atoms with van der Waals surface area (Å²) < 4.78 is 24.7. The number of hydrogen-bond donors (Lipinski definition) is 1. The molecule has 3 heterocycles. The van der Waals surface area contributed by atoms with Gasteiger partial charge >= 0.3 is 5.97 Å². The first-order chi connectivity index (χ1) is 9.29. The van der Waals surface area contributed by atoms with Crippen molar-refractivity contribution in [3.05, 3.63) is 12.4 Å². The van der Waals surface area contributed by atoms with E-state index in [0.29, 0.717) is 0 Å². The largest absolute Gasteiger partial charge is 0.480 e. The summed E-state index contributed by atoms with van der Waals surface area (Å²) in [5.74, 6) is -1.78. The van der Waals surface area contributed by atoms with Gasteiger partial charge in [0, 0.05) is 35.8 Å². The number of carboxylic acids is 1. The van der Waals surface area contributed by atoms with Gasteiger partial charge in [-0.3, -0.25) is 9.48 Å². The number of aromatic nitrogens is 3. The molecule has 1 radical (unpaired) electrons. The summed E-state index contributed by atoms with van der Waals surface area (Å²) in [6.07, 6.45) is 2.68. The molecular formula is C10H12N4NaO5S. The minimum Gasteiger partial charge on any atom is -0.480 e. The third kappa shape index (κ3) is 2.04. The molecule has 2 saturated heterocycles. The first-order valence-electron chi connectivity index (χ1n) is 5.90. The topological polar surface area (TPSA) is 122 Å². The van der Waals surface area contributed by atoms with Gasteiger partial charge in [-0.25, -0.2) is 13.2 Å². The molecule has 11 heteroatoms. The van der Waals surface area contributed by atoms with Crippen LogP contribution in [0.1, 0.15) is 13.3 Å². The Hall–Kier alpha value is -0.970. The Bertz CT molecular complexity index is 690. The molecule has 3 unspecified atom stereocenters. The summed E-state index contributed by atoms with van der Waals surface area (Å²) in [5.41, 5.74) is 0. The minimum absolute atomic E-state index is 0. The molecule has 0 aliphatic carbocycles. The maximum Gasteiger partial charge on any atom is 0.328 e. The van der Waals surface area contributed by atoms with Crippen molar-refractivity contribution in [2.75, 3.05) is 0 Å². The molecule has 1 aromatic rings. The van der Waals surface area contributed by atoms with Crippen molar-refractivity contribution in [1.29, 1.82) is 0 Å². The average Bonchev–Trinajstić information content (AvgIpc) is 2.87. The van der Waals surface area contributed by atoms with E-state index in [1.54, 1.807) is 0 Å². The Kier molecular flexibility index (Phi) is 3.94. The van der Waals surface area contributed by atoms with E-state index >= 15 is 0 Å². The maximum absolute atomic E-state index is 12.5. The van der Waals surface area contributed by atoms with Crippen LogP contribution in [-0.4, -0.2) is 91.0 Å². The molecule has 1 aromatic heterocycles. The van der Waals surface area contributed by atoms with E-state index in [0.717, 1.165) is 4.90 Å². The van der Waals surface area contributed by atoms with E-state index in [1.165, 1.54) is 24.0 Å². The molecule has 0 saturated carbocycles. The summed E-state index contributed by atoms with van der Waals surface area (Å²) in [5, 5.41) is 15.6. The predicted molar refractivity (Wildman–Crippen MR) is 69.8 cm³/mol. The number of carbonyl (C=O) groups excluding carboxylic acids is 1. The molecule has 1 N–H and O–H groups in total. The number of aliphatic carboxylic acids is 1. The number of β-lactam (4-membered cyclic amide) rings is 1. The molecule has 3 rings (SSSR count). The summed E-state index contributed by atoms with van der Waals surface area (Å²) in [7, 11) is -3.80. The number of carbonyl (C=O) groups is 2. The van der Waals surface area contributed by atoms with E-state index in [1.807, 2.05) is 0 Å². The van der Waals surface area contributed by atoms with Crippen LogP contribution in [0.5, 0.6) is 0 Å². The van der Waals surface area contributed by atoms with E-state index in [-0.39, 0.29) is 42.5 Å². The molecule has 2 aliphatic rings. The Labute approximate surface area is 142 Å². The van der Waals surface area contributed by atoms with Gasteiger partial charge in [-0.2, -0.15) is 0 Å². The van der Waals surface area contributed by atoms with Crippen molar-refractivity contribution in [2.24, 2.45) is 0 Å². The van der Waals surface area contributed by atoms with Gasteiger partial charge in [0.05, 0.1) is 19.2 Å². The molecule has 2 fully saturated rings. The van der Waals surface area contributed by atoms with E-state index in [4.69, 9.17) is 0 Å². The monoisotopic (exact) mass is 323 g/mol. The number of carboxylic acid groups (broad SMARTS) is 1. The quantitative estimate of drug-likeness (QED) is 0.509. The fourth-order valence-corrected chi connectivity index (χ4v) is 5.29. The zero-order valence-electron chi connectivity index (χ0n) is 11.5. The van der Waals surface area contributed by atoms with Gasteiger partial charge in [0.15, 0.2) is 15.9 Å². The van der Waals surface area contributed by atoms with Crippen LogP contribution in [-0.2, 0) is 26.0 Å². The number of fused-ring (bicyclic) bond motifs is 1.